The first-order chi connectivity index (χ1) is 10.1. The molecule has 2 aromatic carbocycles. The number of hydrogen-bond donors (Lipinski definition) is 2. The summed E-state index contributed by atoms with van der Waals surface area (Å²) in [6.45, 7) is 1.90. The molecule has 0 aliphatic heterocycles. The van der Waals surface area contributed by atoms with Crippen LogP contribution in [0.5, 0.6) is 0 Å². The Bertz CT molecular complexity index is 668. The fourth-order valence-electron chi connectivity index (χ4n) is 1.87. The summed E-state index contributed by atoms with van der Waals surface area (Å²) >= 11 is 0. The quantitative estimate of drug-likeness (QED) is 0.848. The molecular formula is C16H16N2O3. The number of anilines is 2. The molecule has 2 rings (SSSR count). The molecule has 0 aliphatic rings. The molecule has 2 amide bonds. The Balaban J connectivity index is 2.14. The number of esters is 1. The zero-order valence-electron chi connectivity index (χ0n) is 11.8. The van der Waals surface area contributed by atoms with Gasteiger partial charge in [-0.05, 0) is 30.7 Å². The number of rotatable bonds is 3. The van der Waals surface area contributed by atoms with Gasteiger partial charge in [0.1, 0.15) is 0 Å². The van der Waals surface area contributed by atoms with Gasteiger partial charge in [0.2, 0.25) is 0 Å². The van der Waals surface area contributed by atoms with Crippen LogP contribution in [0.3, 0.4) is 0 Å². The zero-order valence-corrected chi connectivity index (χ0v) is 11.8. The van der Waals surface area contributed by atoms with Crippen molar-refractivity contribution in [3.63, 3.8) is 0 Å². The number of methoxy groups -OCH3 is 1. The normalized spacial score (nSPS) is 9.81. The van der Waals surface area contributed by atoms with Crippen molar-refractivity contribution in [2.45, 2.75) is 6.92 Å². The van der Waals surface area contributed by atoms with Crippen molar-refractivity contribution in [1.29, 1.82) is 0 Å². The molecule has 0 bridgehead atoms. The summed E-state index contributed by atoms with van der Waals surface area (Å²) in [7, 11) is 1.30. The van der Waals surface area contributed by atoms with Crippen LogP contribution in [-0.2, 0) is 4.74 Å². The third-order valence-corrected chi connectivity index (χ3v) is 2.97. The van der Waals surface area contributed by atoms with Gasteiger partial charge in [0.25, 0.3) is 0 Å². The zero-order chi connectivity index (χ0) is 15.2. The summed E-state index contributed by atoms with van der Waals surface area (Å²) in [5.74, 6) is -0.498. The Kier molecular flexibility index (Phi) is 4.56. The van der Waals surface area contributed by atoms with E-state index in [4.69, 9.17) is 0 Å². The Hall–Kier alpha value is -2.82. The van der Waals surface area contributed by atoms with Crippen LogP contribution in [0.2, 0.25) is 0 Å². The molecule has 0 aromatic heterocycles. The molecule has 0 fully saturated rings. The van der Waals surface area contributed by atoms with Gasteiger partial charge in [-0.1, -0.05) is 30.3 Å². The average molecular weight is 284 g/mol. The van der Waals surface area contributed by atoms with Crippen LogP contribution >= 0.6 is 0 Å². The number of nitrogens with one attached hydrogen (secondary N) is 2. The summed E-state index contributed by atoms with van der Waals surface area (Å²) in [5.41, 5.74) is 2.37. The number of amides is 2. The molecule has 2 N–H and O–H groups in total. The Morgan fingerprint density at radius 2 is 1.48 bits per heavy atom. The van der Waals surface area contributed by atoms with Crippen molar-refractivity contribution in [1.82, 2.24) is 0 Å². The predicted octanol–water partition coefficient (Wildman–Crippen LogP) is 3.43. The van der Waals surface area contributed by atoms with Gasteiger partial charge in [0.05, 0.1) is 18.4 Å². The van der Waals surface area contributed by atoms with Crippen LogP contribution in [0, 0.1) is 6.92 Å². The minimum Gasteiger partial charge on any atom is -0.465 e. The standard InChI is InChI=1S/C16H16N2O3/c1-11-7-3-5-9-13(11)17-16(20)18-14-10-6-4-8-12(14)15(19)21-2/h3-10H,1-2H3,(H2,17,18,20). The number of benzene rings is 2. The van der Waals surface area contributed by atoms with E-state index in [0.717, 1.165) is 5.56 Å². The van der Waals surface area contributed by atoms with E-state index in [0.29, 0.717) is 16.9 Å². The highest BCUT2D eigenvalue weighted by molar-refractivity contribution is 6.05. The lowest BCUT2D eigenvalue weighted by Crippen LogP contribution is -2.21. The van der Waals surface area contributed by atoms with Gasteiger partial charge < -0.3 is 15.4 Å². The molecule has 0 spiro atoms. The molecule has 2 aromatic rings. The Morgan fingerprint density at radius 3 is 2.14 bits per heavy atom. The first-order valence-corrected chi connectivity index (χ1v) is 6.43. The fraction of sp³-hybridized carbons (Fsp3) is 0.125. The minimum absolute atomic E-state index is 0.305. The first-order valence-electron chi connectivity index (χ1n) is 6.43. The average Bonchev–Trinajstić information content (AvgIpc) is 2.49. The van der Waals surface area contributed by atoms with Crippen LogP contribution < -0.4 is 10.6 Å². The molecule has 21 heavy (non-hydrogen) atoms. The maximum atomic E-state index is 12.0. The van der Waals surface area contributed by atoms with E-state index in [1.807, 2.05) is 25.1 Å². The van der Waals surface area contributed by atoms with Gasteiger partial charge >= 0.3 is 12.0 Å². The lowest BCUT2D eigenvalue weighted by molar-refractivity contribution is 0.0602. The van der Waals surface area contributed by atoms with Crippen molar-refractivity contribution < 1.29 is 14.3 Å². The molecule has 5 nitrogen and oxygen atoms in total. The third kappa shape index (κ3) is 3.60. The molecule has 0 atom stereocenters. The van der Waals surface area contributed by atoms with Crippen LogP contribution in [-0.4, -0.2) is 19.1 Å². The number of aryl methyl sites for hydroxylation is 1. The van der Waals surface area contributed by atoms with Gasteiger partial charge in [-0.25, -0.2) is 9.59 Å². The highest BCUT2D eigenvalue weighted by Crippen LogP contribution is 2.17. The van der Waals surface area contributed by atoms with Crippen molar-refractivity contribution in [3.8, 4) is 0 Å². The summed E-state index contributed by atoms with van der Waals surface area (Å²) in [5, 5.41) is 5.39. The number of urea groups is 1. The van der Waals surface area contributed by atoms with E-state index in [1.165, 1.54) is 7.11 Å². The molecule has 0 aliphatic carbocycles. The van der Waals surface area contributed by atoms with Crippen molar-refractivity contribution in [3.05, 3.63) is 59.7 Å². The second-order valence-corrected chi connectivity index (χ2v) is 4.43. The number of ether oxygens (including phenoxy) is 1. The van der Waals surface area contributed by atoms with Crippen molar-refractivity contribution in [2.24, 2.45) is 0 Å². The molecule has 0 saturated heterocycles. The minimum atomic E-state index is -0.498. The monoisotopic (exact) mass is 284 g/mol. The van der Waals surface area contributed by atoms with E-state index in [1.54, 1.807) is 30.3 Å². The van der Waals surface area contributed by atoms with Gasteiger partial charge in [-0.2, -0.15) is 0 Å². The van der Waals surface area contributed by atoms with Gasteiger partial charge in [-0.15, -0.1) is 0 Å². The van der Waals surface area contributed by atoms with Crippen molar-refractivity contribution >= 4 is 23.4 Å². The van der Waals surface area contributed by atoms with Crippen molar-refractivity contribution in [2.75, 3.05) is 17.7 Å². The SMILES string of the molecule is COC(=O)c1ccccc1NC(=O)Nc1ccccc1C. The Labute approximate surface area is 122 Å². The van der Waals surface area contributed by atoms with Crippen LogP contribution in [0.25, 0.3) is 0 Å². The molecule has 0 radical (unpaired) electrons. The summed E-state index contributed by atoms with van der Waals surface area (Å²) in [6.07, 6.45) is 0. The highest BCUT2D eigenvalue weighted by Gasteiger charge is 2.13. The predicted molar refractivity (Wildman–Crippen MR) is 81.6 cm³/mol. The summed E-state index contributed by atoms with van der Waals surface area (Å²) < 4.78 is 4.69. The number of carbonyl (C=O) groups is 2. The molecule has 0 heterocycles. The molecule has 5 heteroatoms. The number of hydrogen-bond acceptors (Lipinski definition) is 3. The highest BCUT2D eigenvalue weighted by atomic mass is 16.5. The number of para-hydroxylation sites is 2. The maximum absolute atomic E-state index is 12.0. The molecule has 0 unspecified atom stereocenters. The van der Waals surface area contributed by atoms with Gasteiger partial charge in [0, 0.05) is 5.69 Å². The van der Waals surface area contributed by atoms with E-state index < -0.39 is 12.0 Å². The topological polar surface area (TPSA) is 67.4 Å². The van der Waals surface area contributed by atoms with Crippen LogP contribution in [0.4, 0.5) is 16.2 Å². The van der Waals surface area contributed by atoms with Gasteiger partial charge in [-0.3, -0.25) is 0 Å². The van der Waals surface area contributed by atoms with Gasteiger partial charge in [0.15, 0.2) is 0 Å². The fourth-order valence-corrected chi connectivity index (χ4v) is 1.87. The molecule has 108 valence electrons. The van der Waals surface area contributed by atoms with E-state index in [9.17, 15) is 9.59 Å². The molecule has 0 saturated carbocycles. The lowest BCUT2D eigenvalue weighted by atomic mass is 10.2. The molecular weight excluding hydrogens is 268 g/mol. The summed E-state index contributed by atoms with van der Waals surface area (Å²) in [6, 6.07) is 13.7. The maximum Gasteiger partial charge on any atom is 0.339 e. The largest absolute Gasteiger partial charge is 0.465 e. The first kappa shape index (κ1) is 14.6. The smallest absolute Gasteiger partial charge is 0.339 e. The summed E-state index contributed by atoms with van der Waals surface area (Å²) in [4.78, 5) is 23.7. The van der Waals surface area contributed by atoms with E-state index >= 15 is 0 Å². The second kappa shape index (κ2) is 6.56. The Morgan fingerprint density at radius 1 is 0.905 bits per heavy atom. The number of carbonyl (C=O) groups excluding carboxylic acids is 2. The lowest BCUT2D eigenvalue weighted by Gasteiger charge is -2.12. The van der Waals surface area contributed by atoms with E-state index in [-0.39, 0.29) is 0 Å². The second-order valence-electron chi connectivity index (χ2n) is 4.43. The van der Waals surface area contributed by atoms with Crippen LogP contribution in [0.1, 0.15) is 15.9 Å². The van der Waals surface area contributed by atoms with E-state index in [2.05, 4.69) is 15.4 Å². The third-order valence-electron chi connectivity index (χ3n) is 2.97. The van der Waals surface area contributed by atoms with Crippen LogP contribution in [0.15, 0.2) is 48.5 Å².